The summed E-state index contributed by atoms with van der Waals surface area (Å²) in [6.45, 7) is 7.02. The standard InChI is InChI=1S/C23H24ClN3O2/c1-23(2,3)17-9-7-16(8-10-17)21-25-22(29-26-21)19-11-12-20(28)27(19)14-15-5-4-6-18(24)13-15/h4-10,13,19H,11-12,14H2,1-3H3. The maximum absolute atomic E-state index is 12.5. The van der Waals surface area contributed by atoms with Crippen LogP contribution in [0.2, 0.25) is 5.02 Å². The van der Waals surface area contributed by atoms with Gasteiger partial charge in [0.1, 0.15) is 6.04 Å². The summed E-state index contributed by atoms with van der Waals surface area (Å²) < 4.78 is 5.56. The Kier molecular flexibility index (Phi) is 5.17. The molecule has 1 aromatic heterocycles. The normalized spacial score (nSPS) is 17.2. The van der Waals surface area contributed by atoms with Crippen molar-refractivity contribution in [2.45, 2.75) is 51.6 Å². The SMILES string of the molecule is CC(C)(C)c1ccc(-c2noc(C3CCC(=O)N3Cc3cccc(Cl)c3)n2)cc1. The third-order valence-electron chi connectivity index (χ3n) is 5.31. The third kappa shape index (κ3) is 4.20. The molecule has 2 heterocycles. The number of halogens is 1. The molecule has 1 atom stereocenters. The van der Waals surface area contributed by atoms with E-state index in [1.807, 2.05) is 36.4 Å². The number of benzene rings is 2. The van der Waals surface area contributed by atoms with E-state index in [0.717, 1.165) is 11.1 Å². The van der Waals surface area contributed by atoms with Crippen LogP contribution in [0.15, 0.2) is 53.1 Å². The summed E-state index contributed by atoms with van der Waals surface area (Å²) in [6.07, 6.45) is 1.15. The molecule has 1 aliphatic heterocycles. The van der Waals surface area contributed by atoms with Crippen LogP contribution in [0, 0.1) is 0 Å². The van der Waals surface area contributed by atoms with Crippen LogP contribution in [0.5, 0.6) is 0 Å². The fourth-order valence-electron chi connectivity index (χ4n) is 3.63. The van der Waals surface area contributed by atoms with Crippen LogP contribution < -0.4 is 0 Å². The second-order valence-corrected chi connectivity index (χ2v) is 8.93. The molecule has 1 saturated heterocycles. The van der Waals surface area contributed by atoms with E-state index in [9.17, 15) is 4.79 Å². The first-order valence-corrected chi connectivity index (χ1v) is 10.2. The van der Waals surface area contributed by atoms with Crippen LogP contribution in [-0.2, 0) is 16.8 Å². The summed E-state index contributed by atoms with van der Waals surface area (Å²) >= 11 is 6.09. The highest BCUT2D eigenvalue weighted by molar-refractivity contribution is 6.30. The van der Waals surface area contributed by atoms with Crippen molar-refractivity contribution in [3.8, 4) is 11.4 Å². The smallest absolute Gasteiger partial charge is 0.249 e. The summed E-state index contributed by atoms with van der Waals surface area (Å²) in [5.41, 5.74) is 3.22. The van der Waals surface area contributed by atoms with E-state index in [1.165, 1.54) is 5.56 Å². The van der Waals surface area contributed by atoms with Crippen LogP contribution in [0.3, 0.4) is 0 Å². The van der Waals surface area contributed by atoms with Gasteiger partial charge in [0.25, 0.3) is 0 Å². The fraction of sp³-hybridized carbons (Fsp3) is 0.348. The quantitative estimate of drug-likeness (QED) is 0.566. The van der Waals surface area contributed by atoms with Gasteiger partial charge in [-0.15, -0.1) is 0 Å². The summed E-state index contributed by atoms with van der Waals surface area (Å²) in [5, 5.41) is 4.82. The molecule has 1 unspecified atom stereocenters. The summed E-state index contributed by atoms with van der Waals surface area (Å²) in [5.74, 6) is 1.11. The minimum absolute atomic E-state index is 0.0873. The van der Waals surface area contributed by atoms with Crippen molar-refractivity contribution in [2.24, 2.45) is 0 Å². The zero-order chi connectivity index (χ0) is 20.6. The van der Waals surface area contributed by atoms with Gasteiger partial charge in [0.15, 0.2) is 0 Å². The first-order valence-electron chi connectivity index (χ1n) is 9.80. The average molecular weight is 410 g/mol. The minimum atomic E-state index is -0.212. The van der Waals surface area contributed by atoms with Gasteiger partial charge in [0.05, 0.1) is 0 Å². The van der Waals surface area contributed by atoms with Gasteiger partial charge in [-0.1, -0.05) is 73.9 Å². The molecule has 29 heavy (non-hydrogen) atoms. The second-order valence-electron chi connectivity index (χ2n) is 8.49. The van der Waals surface area contributed by atoms with Gasteiger partial charge in [-0.05, 0) is 35.1 Å². The van der Waals surface area contributed by atoms with Gasteiger partial charge in [-0.25, -0.2) is 0 Å². The van der Waals surface area contributed by atoms with Crippen LogP contribution >= 0.6 is 11.6 Å². The van der Waals surface area contributed by atoms with Crippen LogP contribution in [0.25, 0.3) is 11.4 Å². The molecular weight excluding hydrogens is 386 g/mol. The number of amides is 1. The molecule has 1 fully saturated rings. The lowest BCUT2D eigenvalue weighted by Crippen LogP contribution is -2.27. The Hall–Kier alpha value is -2.66. The molecule has 150 valence electrons. The highest BCUT2D eigenvalue weighted by atomic mass is 35.5. The lowest BCUT2D eigenvalue weighted by molar-refractivity contribution is -0.129. The Bertz CT molecular complexity index is 1020. The molecule has 0 aliphatic carbocycles. The van der Waals surface area contributed by atoms with Crippen molar-refractivity contribution in [1.29, 1.82) is 0 Å². The highest BCUT2D eigenvalue weighted by Crippen LogP contribution is 2.34. The molecule has 1 amide bonds. The van der Waals surface area contributed by atoms with Gasteiger partial charge in [-0.2, -0.15) is 4.98 Å². The van der Waals surface area contributed by atoms with Crippen molar-refractivity contribution < 1.29 is 9.32 Å². The zero-order valence-corrected chi connectivity index (χ0v) is 17.6. The number of hydrogen-bond donors (Lipinski definition) is 0. The molecule has 5 nitrogen and oxygen atoms in total. The van der Waals surface area contributed by atoms with E-state index in [-0.39, 0.29) is 17.4 Å². The maximum atomic E-state index is 12.5. The zero-order valence-electron chi connectivity index (χ0n) is 16.9. The van der Waals surface area contributed by atoms with Gasteiger partial charge in [-0.3, -0.25) is 4.79 Å². The first-order chi connectivity index (χ1) is 13.8. The number of likely N-dealkylation sites (tertiary alicyclic amines) is 1. The largest absolute Gasteiger partial charge is 0.337 e. The van der Waals surface area contributed by atoms with Gasteiger partial charge in [0.2, 0.25) is 17.6 Å². The Morgan fingerprint density at radius 3 is 2.62 bits per heavy atom. The first kappa shape index (κ1) is 19.6. The van der Waals surface area contributed by atoms with Crippen molar-refractivity contribution in [3.63, 3.8) is 0 Å². The number of aromatic nitrogens is 2. The average Bonchev–Trinajstić information content (AvgIpc) is 3.29. The van der Waals surface area contributed by atoms with Crippen LogP contribution in [-0.4, -0.2) is 20.9 Å². The van der Waals surface area contributed by atoms with Crippen LogP contribution in [0.1, 0.15) is 56.7 Å². The Balaban J connectivity index is 1.55. The topological polar surface area (TPSA) is 59.2 Å². The van der Waals surface area contributed by atoms with Gasteiger partial charge in [0, 0.05) is 23.6 Å². The maximum Gasteiger partial charge on any atom is 0.249 e. The fourth-order valence-corrected chi connectivity index (χ4v) is 3.84. The van der Waals surface area contributed by atoms with E-state index in [1.54, 1.807) is 4.90 Å². The molecule has 0 N–H and O–H groups in total. The predicted octanol–water partition coefficient (Wildman–Crippen LogP) is 5.55. The summed E-state index contributed by atoms with van der Waals surface area (Å²) in [7, 11) is 0. The van der Waals surface area contributed by atoms with E-state index in [0.29, 0.717) is 36.1 Å². The Labute approximate surface area is 175 Å². The van der Waals surface area contributed by atoms with E-state index in [2.05, 4.69) is 43.0 Å². The molecule has 3 aromatic rings. The van der Waals surface area contributed by atoms with Gasteiger partial charge < -0.3 is 9.42 Å². The molecule has 1 aliphatic rings. The molecule has 2 aromatic carbocycles. The summed E-state index contributed by atoms with van der Waals surface area (Å²) in [6, 6.07) is 15.5. The number of nitrogens with zero attached hydrogens (tertiary/aromatic N) is 3. The Morgan fingerprint density at radius 2 is 1.93 bits per heavy atom. The summed E-state index contributed by atoms with van der Waals surface area (Å²) in [4.78, 5) is 18.9. The number of hydrogen-bond acceptors (Lipinski definition) is 4. The molecular formula is C23H24ClN3O2. The monoisotopic (exact) mass is 409 g/mol. The van der Waals surface area contributed by atoms with Crippen molar-refractivity contribution in [3.05, 3.63) is 70.6 Å². The second kappa shape index (κ2) is 7.64. The van der Waals surface area contributed by atoms with Crippen molar-refractivity contribution in [2.75, 3.05) is 0 Å². The lowest BCUT2D eigenvalue weighted by Gasteiger charge is -2.22. The van der Waals surface area contributed by atoms with Crippen LogP contribution in [0.4, 0.5) is 0 Å². The Morgan fingerprint density at radius 1 is 1.17 bits per heavy atom. The molecule has 0 radical (unpaired) electrons. The third-order valence-corrected chi connectivity index (χ3v) is 5.54. The van der Waals surface area contributed by atoms with Crippen molar-refractivity contribution in [1.82, 2.24) is 15.0 Å². The molecule has 0 bridgehead atoms. The minimum Gasteiger partial charge on any atom is -0.337 e. The number of carbonyl (C=O) groups is 1. The van der Waals surface area contributed by atoms with E-state index < -0.39 is 0 Å². The predicted molar refractivity (Wildman–Crippen MR) is 112 cm³/mol. The lowest BCUT2D eigenvalue weighted by atomic mass is 9.87. The highest BCUT2D eigenvalue weighted by Gasteiger charge is 2.36. The molecule has 4 rings (SSSR count). The molecule has 0 saturated carbocycles. The van der Waals surface area contributed by atoms with E-state index >= 15 is 0 Å². The van der Waals surface area contributed by atoms with Gasteiger partial charge >= 0.3 is 0 Å². The van der Waals surface area contributed by atoms with Crippen molar-refractivity contribution >= 4 is 17.5 Å². The van der Waals surface area contributed by atoms with E-state index in [4.69, 9.17) is 16.1 Å². The number of rotatable bonds is 4. The molecule has 6 heteroatoms. The molecule has 0 spiro atoms. The number of carbonyl (C=O) groups excluding carboxylic acids is 1.